The number of nitrogens with zero attached hydrogens (tertiary/aromatic N) is 2. The molecule has 0 bridgehead atoms. The minimum absolute atomic E-state index is 0.164. The van der Waals surface area contributed by atoms with Crippen LogP contribution in [0.15, 0.2) is 66.7 Å². The molecule has 1 aromatic heterocycles. The van der Waals surface area contributed by atoms with Crippen LogP contribution in [-0.2, 0) is 13.2 Å². The van der Waals surface area contributed by atoms with Crippen LogP contribution in [0, 0.1) is 27.7 Å². The van der Waals surface area contributed by atoms with Gasteiger partial charge in [0.05, 0.1) is 23.6 Å². The van der Waals surface area contributed by atoms with Crippen molar-refractivity contribution in [2.24, 2.45) is 0 Å². The van der Waals surface area contributed by atoms with E-state index in [4.69, 9.17) is 16.3 Å². The zero-order valence-electron chi connectivity index (χ0n) is 19.9. The third-order valence-electron chi connectivity index (χ3n) is 5.95. The van der Waals surface area contributed by atoms with Gasteiger partial charge in [-0.2, -0.15) is 5.10 Å². The SMILES string of the molecule is Cc1cc(OCc2ccc(C(=O)Nc3c(C)nn(Cc4ccccc4C)c3C)cc2)ccc1Cl. The van der Waals surface area contributed by atoms with Crippen LogP contribution in [0.3, 0.4) is 0 Å². The number of hydrogen-bond acceptors (Lipinski definition) is 3. The van der Waals surface area contributed by atoms with E-state index in [9.17, 15) is 4.79 Å². The van der Waals surface area contributed by atoms with Crippen molar-refractivity contribution in [3.63, 3.8) is 0 Å². The summed E-state index contributed by atoms with van der Waals surface area (Å²) in [5, 5.41) is 8.40. The van der Waals surface area contributed by atoms with Crippen molar-refractivity contribution >= 4 is 23.2 Å². The Labute approximate surface area is 205 Å². The first-order valence-electron chi connectivity index (χ1n) is 11.2. The summed E-state index contributed by atoms with van der Waals surface area (Å²) in [6, 6.07) is 21.3. The summed E-state index contributed by atoms with van der Waals surface area (Å²) in [5.74, 6) is 0.597. The van der Waals surface area contributed by atoms with Gasteiger partial charge in [0.25, 0.3) is 5.91 Å². The van der Waals surface area contributed by atoms with Crippen molar-refractivity contribution in [3.05, 3.63) is 111 Å². The Hall–Kier alpha value is -3.57. The molecule has 6 heteroatoms. The highest BCUT2D eigenvalue weighted by molar-refractivity contribution is 6.31. The maximum Gasteiger partial charge on any atom is 0.255 e. The molecule has 4 aromatic rings. The van der Waals surface area contributed by atoms with E-state index in [0.717, 1.165) is 34.0 Å². The average molecular weight is 474 g/mol. The maximum atomic E-state index is 12.9. The number of halogens is 1. The van der Waals surface area contributed by atoms with Gasteiger partial charge in [-0.15, -0.1) is 0 Å². The second-order valence-electron chi connectivity index (χ2n) is 8.48. The van der Waals surface area contributed by atoms with Crippen molar-refractivity contribution in [1.29, 1.82) is 0 Å². The summed E-state index contributed by atoms with van der Waals surface area (Å²) in [6.45, 7) is 9.00. The Balaban J connectivity index is 1.41. The molecule has 0 aliphatic carbocycles. The van der Waals surface area contributed by atoms with Crippen molar-refractivity contribution in [3.8, 4) is 5.75 Å². The molecule has 0 aliphatic rings. The quantitative estimate of drug-likeness (QED) is 0.327. The third-order valence-corrected chi connectivity index (χ3v) is 6.38. The normalized spacial score (nSPS) is 10.9. The van der Waals surface area contributed by atoms with E-state index in [1.165, 1.54) is 11.1 Å². The van der Waals surface area contributed by atoms with Crippen LogP contribution < -0.4 is 10.1 Å². The number of aromatic nitrogens is 2. The molecule has 1 N–H and O–H groups in total. The second kappa shape index (κ2) is 10.1. The molecule has 0 atom stereocenters. The molecule has 0 radical (unpaired) electrons. The summed E-state index contributed by atoms with van der Waals surface area (Å²) in [6.07, 6.45) is 0. The molecule has 3 aromatic carbocycles. The van der Waals surface area contributed by atoms with Crippen LogP contribution >= 0.6 is 11.6 Å². The molecule has 0 spiro atoms. The fourth-order valence-corrected chi connectivity index (χ4v) is 3.91. The standard InChI is InChI=1S/C28H28ClN3O2/c1-18-7-5-6-8-24(18)16-32-21(4)27(20(3)31-32)30-28(33)23-11-9-22(10-12-23)17-34-25-13-14-26(29)19(2)15-25/h5-15H,16-17H2,1-4H3,(H,30,33). The van der Waals surface area contributed by atoms with E-state index in [1.807, 2.05) is 80.1 Å². The van der Waals surface area contributed by atoms with Crippen molar-refractivity contribution in [1.82, 2.24) is 9.78 Å². The smallest absolute Gasteiger partial charge is 0.255 e. The Morgan fingerprint density at radius 2 is 1.71 bits per heavy atom. The highest BCUT2D eigenvalue weighted by Crippen LogP contribution is 2.23. The van der Waals surface area contributed by atoms with Crippen molar-refractivity contribution < 1.29 is 9.53 Å². The number of carbonyl (C=O) groups is 1. The Morgan fingerprint density at radius 3 is 2.41 bits per heavy atom. The fourth-order valence-electron chi connectivity index (χ4n) is 3.79. The van der Waals surface area contributed by atoms with Gasteiger partial charge >= 0.3 is 0 Å². The van der Waals surface area contributed by atoms with Gasteiger partial charge in [0.1, 0.15) is 12.4 Å². The third kappa shape index (κ3) is 5.32. The van der Waals surface area contributed by atoms with Crippen LogP contribution in [0.2, 0.25) is 5.02 Å². The lowest BCUT2D eigenvalue weighted by Gasteiger charge is -2.10. The molecular formula is C28H28ClN3O2. The molecule has 1 amide bonds. The maximum absolute atomic E-state index is 12.9. The lowest BCUT2D eigenvalue weighted by molar-refractivity contribution is 0.102. The number of aryl methyl sites for hydroxylation is 3. The Bertz CT molecular complexity index is 1330. The number of hydrogen-bond donors (Lipinski definition) is 1. The van der Waals surface area contributed by atoms with E-state index in [2.05, 4.69) is 29.5 Å². The molecule has 34 heavy (non-hydrogen) atoms. The lowest BCUT2D eigenvalue weighted by Crippen LogP contribution is -2.13. The minimum atomic E-state index is -0.164. The monoisotopic (exact) mass is 473 g/mol. The van der Waals surface area contributed by atoms with Gasteiger partial charge in [0.2, 0.25) is 0 Å². The predicted molar refractivity (Wildman–Crippen MR) is 137 cm³/mol. The molecule has 0 aliphatic heterocycles. The lowest BCUT2D eigenvalue weighted by atomic mass is 10.1. The Morgan fingerprint density at radius 1 is 0.971 bits per heavy atom. The van der Waals surface area contributed by atoms with Gasteiger partial charge in [-0.25, -0.2) is 0 Å². The first-order chi connectivity index (χ1) is 16.3. The number of anilines is 1. The highest BCUT2D eigenvalue weighted by atomic mass is 35.5. The van der Waals surface area contributed by atoms with Gasteiger partial charge in [0, 0.05) is 10.6 Å². The van der Waals surface area contributed by atoms with Gasteiger partial charge in [-0.05, 0) is 80.3 Å². The summed E-state index contributed by atoms with van der Waals surface area (Å²) < 4.78 is 7.78. The zero-order chi connectivity index (χ0) is 24.2. The van der Waals surface area contributed by atoms with E-state index >= 15 is 0 Å². The van der Waals surface area contributed by atoms with Crippen LogP contribution in [0.1, 0.15) is 44.0 Å². The number of carbonyl (C=O) groups excluding carboxylic acids is 1. The van der Waals surface area contributed by atoms with E-state index < -0.39 is 0 Å². The summed E-state index contributed by atoms with van der Waals surface area (Å²) in [5.41, 5.74) is 7.43. The Kier molecular flexibility index (Phi) is 7.03. The average Bonchev–Trinajstić information content (AvgIpc) is 3.09. The molecule has 0 fully saturated rings. The number of amides is 1. The van der Waals surface area contributed by atoms with Gasteiger partial charge in [-0.3, -0.25) is 9.48 Å². The van der Waals surface area contributed by atoms with E-state index in [0.29, 0.717) is 23.7 Å². The first kappa shape index (κ1) is 23.6. The molecule has 0 unspecified atom stereocenters. The van der Waals surface area contributed by atoms with Crippen LogP contribution in [0.25, 0.3) is 0 Å². The summed E-state index contributed by atoms with van der Waals surface area (Å²) in [4.78, 5) is 12.9. The minimum Gasteiger partial charge on any atom is -0.489 e. The second-order valence-corrected chi connectivity index (χ2v) is 8.89. The first-order valence-corrected chi connectivity index (χ1v) is 11.6. The highest BCUT2D eigenvalue weighted by Gasteiger charge is 2.16. The number of ether oxygens (including phenoxy) is 1. The number of rotatable bonds is 7. The summed E-state index contributed by atoms with van der Waals surface area (Å²) >= 11 is 6.07. The zero-order valence-corrected chi connectivity index (χ0v) is 20.6. The molecular weight excluding hydrogens is 446 g/mol. The largest absolute Gasteiger partial charge is 0.489 e. The van der Waals surface area contributed by atoms with Crippen LogP contribution in [0.4, 0.5) is 5.69 Å². The molecule has 4 rings (SSSR count). The summed E-state index contributed by atoms with van der Waals surface area (Å²) in [7, 11) is 0. The topological polar surface area (TPSA) is 56.1 Å². The number of benzene rings is 3. The molecule has 174 valence electrons. The molecule has 0 saturated heterocycles. The van der Waals surface area contributed by atoms with Gasteiger partial charge < -0.3 is 10.1 Å². The van der Waals surface area contributed by atoms with Crippen LogP contribution in [-0.4, -0.2) is 15.7 Å². The van der Waals surface area contributed by atoms with Crippen molar-refractivity contribution in [2.45, 2.75) is 40.8 Å². The van der Waals surface area contributed by atoms with Crippen molar-refractivity contribution in [2.75, 3.05) is 5.32 Å². The van der Waals surface area contributed by atoms with E-state index in [1.54, 1.807) is 0 Å². The van der Waals surface area contributed by atoms with Crippen LogP contribution in [0.5, 0.6) is 5.75 Å². The van der Waals surface area contributed by atoms with Gasteiger partial charge in [-0.1, -0.05) is 48.0 Å². The molecule has 0 saturated carbocycles. The predicted octanol–water partition coefficient (Wildman–Crippen LogP) is 6.65. The molecule has 1 heterocycles. The fraction of sp³-hybridized carbons (Fsp3) is 0.214. The van der Waals surface area contributed by atoms with E-state index in [-0.39, 0.29) is 5.91 Å². The number of nitrogens with one attached hydrogen (secondary N) is 1. The van der Waals surface area contributed by atoms with Gasteiger partial charge in [0.15, 0.2) is 0 Å². The molecule has 5 nitrogen and oxygen atoms in total.